The molecule has 0 bridgehead atoms. The second-order valence-electron chi connectivity index (χ2n) is 7.39. The van der Waals surface area contributed by atoms with E-state index in [9.17, 15) is 13.2 Å². The van der Waals surface area contributed by atoms with Gasteiger partial charge in [-0.25, -0.2) is 13.4 Å². The predicted molar refractivity (Wildman–Crippen MR) is 125 cm³/mol. The third-order valence-electron chi connectivity index (χ3n) is 5.38. The number of benzene rings is 1. The molecule has 0 N–H and O–H groups in total. The van der Waals surface area contributed by atoms with Gasteiger partial charge in [0, 0.05) is 35.4 Å². The van der Waals surface area contributed by atoms with E-state index in [1.54, 1.807) is 23.0 Å². The predicted octanol–water partition coefficient (Wildman–Crippen LogP) is 3.96. The lowest BCUT2D eigenvalue weighted by molar-refractivity contribution is 0.396. The topological polar surface area (TPSA) is 85.2 Å². The van der Waals surface area contributed by atoms with E-state index in [1.807, 2.05) is 12.1 Å². The molecule has 0 radical (unpaired) electrons. The maximum atomic E-state index is 13.2. The zero-order valence-electron chi connectivity index (χ0n) is 16.5. The minimum absolute atomic E-state index is 0.0202. The van der Waals surface area contributed by atoms with Crippen LogP contribution in [-0.4, -0.2) is 33.8 Å². The molecule has 1 aliphatic rings. The first-order valence-electron chi connectivity index (χ1n) is 9.68. The number of rotatable bonds is 4. The Hall–Kier alpha value is -2.30. The Bertz CT molecular complexity index is 1500. The minimum atomic E-state index is -3.84. The maximum Gasteiger partial charge on any atom is 0.262 e. The lowest BCUT2D eigenvalue weighted by atomic mass is 10.1. The summed E-state index contributed by atoms with van der Waals surface area (Å²) in [6.07, 6.45) is 5.34. The van der Waals surface area contributed by atoms with Crippen molar-refractivity contribution < 1.29 is 8.42 Å². The van der Waals surface area contributed by atoms with Crippen molar-refractivity contribution in [2.24, 2.45) is 0 Å². The molecule has 4 aromatic rings. The summed E-state index contributed by atoms with van der Waals surface area (Å²) in [4.78, 5) is 23.2. The first kappa shape index (κ1) is 21.5. The summed E-state index contributed by atoms with van der Waals surface area (Å²) in [5.41, 5.74) is 1.63. The summed E-state index contributed by atoms with van der Waals surface area (Å²) in [7, 11) is -3.84. The van der Waals surface area contributed by atoms with Crippen molar-refractivity contribution in [3.05, 3.63) is 85.5 Å². The second kappa shape index (κ2) is 8.24. The van der Waals surface area contributed by atoms with E-state index in [0.717, 1.165) is 16.0 Å². The van der Waals surface area contributed by atoms with Gasteiger partial charge in [0.1, 0.15) is 9.73 Å². The Kier molecular flexibility index (Phi) is 5.55. The Balaban J connectivity index is 1.51. The van der Waals surface area contributed by atoms with Crippen LogP contribution in [0.2, 0.25) is 10.0 Å². The van der Waals surface area contributed by atoms with Crippen LogP contribution >= 0.6 is 34.5 Å². The summed E-state index contributed by atoms with van der Waals surface area (Å²) >= 11 is 13.5. The lowest BCUT2D eigenvalue weighted by Crippen LogP contribution is -2.35. The highest BCUT2D eigenvalue weighted by molar-refractivity contribution is 7.89. The second-order valence-corrected chi connectivity index (χ2v) is 11.2. The van der Waals surface area contributed by atoms with Crippen LogP contribution in [0.5, 0.6) is 0 Å². The van der Waals surface area contributed by atoms with Crippen LogP contribution in [0.3, 0.4) is 0 Å². The van der Waals surface area contributed by atoms with Crippen LogP contribution in [0, 0.1) is 0 Å². The fourth-order valence-corrected chi connectivity index (χ4v) is 7.24. The molecule has 4 heterocycles. The van der Waals surface area contributed by atoms with E-state index in [2.05, 4.69) is 9.97 Å². The van der Waals surface area contributed by atoms with E-state index in [4.69, 9.17) is 23.2 Å². The van der Waals surface area contributed by atoms with Crippen LogP contribution in [0.25, 0.3) is 10.2 Å². The molecule has 32 heavy (non-hydrogen) atoms. The highest BCUT2D eigenvalue weighted by Gasteiger charge is 2.32. The molecule has 164 valence electrons. The van der Waals surface area contributed by atoms with Gasteiger partial charge in [-0.1, -0.05) is 29.3 Å². The van der Waals surface area contributed by atoms with Gasteiger partial charge in [-0.15, -0.1) is 11.3 Å². The van der Waals surface area contributed by atoms with E-state index in [0.29, 0.717) is 28.2 Å². The van der Waals surface area contributed by atoms with Crippen molar-refractivity contribution in [1.29, 1.82) is 0 Å². The van der Waals surface area contributed by atoms with Gasteiger partial charge in [0.25, 0.3) is 5.56 Å². The van der Waals surface area contributed by atoms with Gasteiger partial charge in [0.15, 0.2) is 0 Å². The summed E-state index contributed by atoms with van der Waals surface area (Å²) in [6, 6.07) is 8.10. The van der Waals surface area contributed by atoms with Crippen LogP contribution in [-0.2, 0) is 29.5 Å². The number of nitrogens with zero attached hydrogens (tertiary/aromatic N) is 4. The van der Waals surface area contributed by atoms with Gasteiger partial charge < -0.3 is 0 Å². The van der Waals surface area contributed by atoms with Crippen molar-refractivity contribution >= 4 is 54.8 Å². The van der Waals surface area contributed by atoms with E-state index >= 15 is 0 Å². The van der Waals surface area contributed by atoms with Crippen LogP contribution in [0.1, 0.15) is 16.0 Å². The molecule has 0 fully saturated rings. The highest BCUT2D eigenvalue weighted by Crippen LogP contribution is 2.36. The van der Waals surface area contributed by atoms with Crippen LogP contribution in [0.4, 0.5) is 0 Å². The van der Waals surface area contributed by atoms with Crippen molar-refractivity contribution in [1.82, 2.24) is 18.8 Å². The molecule has 7 nitrogen and oxygen atoms in total. The summed E-state index contributed by atoms with van der Waals surface area (Å²) in [5.74, 6) is 0. The Morgan fingerprint density at radius 1 is 1.19 bits per heavy atom. The normalized spacial score (nSPS) is 14.6. The molecule has 0 atom stereocenters. The monoisotopic (exact) mass is 506 g/mol. The molecule has 3 aromatic heterocycles. The van der Waals surface area contributed by atoms with Crippen LogP contribution in [0.15, 0.2) is 58.7 Å². The number of fused-ring (bicyclic) bond motifs is 3. The number of aromatic nitrogens is 3. The molecule has 0 spiro atoms. The lowest BCUT2D eigenvalue weighted by Gasteiger charge is -2.26. The van der Waals surface area contributed by atoms with Crippen molar-refractivity contribution in [3.8, 4) is 0 Å². The zero-order valence-corrected chi connectivity index (χ0v) is 19.7. The molecule has 0 unspecified atom stereocenters. The minimum Gasteiger partial charge on any atom is -0.294 e. The number of halogens is 2. The number of hydrogen-bond acceptors (Lipinski definition) is 6. The third kappa shape index (κ3) is 3.74. The SMILES string of the molecule is O=c1c2c3c(sc2ncn1Cc1cccnc1)CN(S(=O)(=O)c1cc(Cl)ccc1Cl)CC3. The summed E-state index contributed by atoms with van der Waals surface area (Å²) < 4.78 is 29.3. The van der Waals surface area contributed by atoms with Crippen LogP contribution < -0.4 is 5.56 Å². The number of pyridine rings is 1. The van der Waals surface area contributed by atoms with Crippen molar-refractivity contribution in [2.75, 3.05) is 6.54 Å². The molecule has 0 saturated carbocycles. The first-order valence-corrected chi connectivity index (χ1v) is 12.7. The fourth-order valence-electron chi connectivity index (χ4n) is 3.82. The summed E-state index contributed by atoms with van der Waals surface area (Å²) in [6.45, 7) is 0.762. The maximum absolute atomic E-state index is 13.2. The molecule has 1 aliphatic heterocycles. The largest absolute Gasteiger partial charge is 0.294 e. The number of thiophene rings is 1. The van der Waals surface area contributed by atoms with E-state index in [-0.39, 0.29) is 28.6 Å². The van der Waals surface area contributed by atoms with Gasteiger partial charge in [-0.2, -0.15) is 4.31 Å². The smallest absolute Gasteiger partial charge is 0.262 e. The molecule has 5 rings (SSSR count). The Labute approximate surface area is 197 Å². The quantitative estimate of drug-likeness (QED) is 0.418. The molecule has 1 aromatic carbocycles. The van der Waals surface area contributed by atoms with Crippen molar-refractivity contribution in [3.63, 3.8) is 0 Å². The number of sulfonamides is 1. The summed E-state index contributed by atoms with van der Waals surface area (Å²) in [5, 5.41) is 0.983. The zero-order chi connectivity index (χ0) is 22.5. The Morgan fingerprint density at radius 3 is 2.81 bits per heavy atom. The average molecular weight is 507 g/mol. The van der Waals surface area contributed by atoms with Gasteiger partial charge in [-0.05, 0) is 41.8 Å². The molecular formula is C21H16Cl2N4O3S2. The van der Waals surface area contributed by atoms with Gasteiger partial charge in [0.05, 0.1) is 23.3 Å². The van der Waals surface area contributed by atoms with Gasteiger partial charge in [0.2, 0.25) is 10.0 Å². The van der Waals surface area contributed by atoms with Crippen molar-refractivity contribution in [2.45, 2.75) is 24.4 Å². The molecule has 0 saturated heterocycles. The molecule has 11 heteroatoms. The standard InChI is InChI=1S/C21H16Cl2N4O3S2/c22-14-3-4-16(23)18(8-14)32(29,30)27-7-5-15-17(11-27)31-20-19(15)21(28)26(12-25-20)10-13-2-1-6-24-9-13/h1-4,6,8-9,12H,5,7,10-11H2. The molecular weight excluding hydrogens is 491 g/mol. The number of hydrogen-bond donors (Lipinski definition) is 0. The highest BCUT2D eigenvalue weighted by atomic mass is 35.5. The van der Waals surface area contributed by atoms with E-state index in [1.165, 1.54) is 34.1 Å². The Morgan fingerprint density at radius 2 is 2.03 bits per heavy atom. The molecule has 0 aliphatic carbocycles. The third-order valence-corrected chi connectivity index (χ3v) is 9.07. The molecule has 0 amide bonds. The van der Waals surface area contributed by atoms with Gasteiger partial charge in [-0.3, -0.25) is 14.3 Å². The fraction of sp³-hybridized carbons (Fsp3) is 0.190. The van der Waals surface area contributed by atoms with Gasteiger partial charge >= 0.3 is 0 Å². The first-order chi connectivity index (χ1) is 15.3. The average Bonchev–Trinajstić information content (AvgIpc) is 3.16. The van der Waals surface area contributed by atoms with E-state index < -0.39 is 10.0 Å².